The molecule has 0 saturated heterocycles. The predicted molar refractivity (Wildman–Crippen MR) is 92.6 cm³/mol. The summed E-state index contributed by atoms with van der Waals surface area (Å²) in [5.41, 5.74) is 1.98. The smallest absolute Gasteiger partial charge is 0.307 e. The average Bonchev–Trinajstić information content (AvgIpc) is 2.98. The molecule has 0 aromatic heterocycles. The number of urea groups is 1. The predicted octanol–water partition coefficient (Wildman–Crippen LogP) is 3.67. The van der Waals surface area contributed by atoms with E-state index in [1.165, 1.54) is 24.3 Å². The average molecular weight is 411 g/mol. The van der Waals surface area contributed by atoms with Crippen molar-refractivity contribution in [1.29, 1.82) is 0 Å². The number of amides is 2. The maximum Gasteiger partial charge on any atom is 0.333 e. The molecule has 0 bridgehead atoms. The molecule has 2 aromatic rings. The van der Waals surface area contributed by atoms with Crippen LogP contribution in [0, 0.1) is 5.82 Å². The lowest BCUT2D eigenvalue weighted by Gasteiger charge is -2.10. The van der Waals surface area contributed by atoms with Crippen molar-refractivity contribution in [2.24, 2.45) is 0 Å². The number of nitrogens with one attached hydrogen (secondary N) is 2. The van der Waals surface area contributed by atoms with Crippen LogP contribution in [0.1, 0.15) is 11.1 Å². The topological polar surface area (TPSA) is 75.3 Å². The number of carbonyl (C=O) groups is 1. The summed E-state index contributed by atoms with van der Waals surface area (Å²) < 4.78 is 40.1. The number of halogens is 2. The van der Waals surface area contributed by atoms with E-state index >= 15 is 0 Å². The van der Waals surface area contributed by atoms with Crippen LogP contribution in [0.15, 0.2) is 51.8 Å². The van der Waals surface area contributed by atoms with Crippen LogP contribution in [-0.4, -0.2) is 14.4 Å². The Balaban J connectivity index is 1.74. The van der Waals surface area contributed by atoms with Crippen molar-refractivity contribution >= 4 is 43.7 Å². The van der Waals surface area contributed by atoms with Crippen LogP contribution in [0.2, 0.25) is 0 Å². The highest BCUT2D eigenvalue weighted by Gasteiger charge is 2.19. The van der Waals surface area contributed by atoms with Gasteiger partial charge >= 0.3 is 6.03 Å². The Morgan fingerprint density at radius 1 is 1.17 bits per heavy atom. The summed E-state index contributed by atoms with van der Waals surface area (Å²) in [6.07, 6.45) is 4.50. The number of rotatable bonds is 3. The van der Waals surface area contributed by atoms with Gasteiger partial charge in [0.15, 0.2) is 0 Å². The van der Waals surface area contributed by atoms with Gasteiger partial charge < -0.3 is 5.32 Å². The van der Waals surface area contributed by atoms with Crippen molar-refractivity contribution in [3.8, 4) is 0 Å². The summed E-state index contributed by atoms with van der Waals surface area (Å²) in [4.78, 5) is 11.9. The summed E-state index contributed by atoms with van der Waals surface area (Å²) in [5.74, 6) is -0.568. The van der Waals surface area contributed by atoms with Crippen molar-refractivity contribution in [3.05, 3.63) is 63.9 Å². The van der Waals surface area contributed by atoms with Crippen LogP contribution in [-0.2, 0) is 16.4 Å². The Morgan fingerprint density at radius 3 is 2.71 bits per heavy atom. The highest BCUT2D eigenvalue weighted by molar-refractivity contribution is 9.10. The molecule has 0 unspecified atom stereocenters. The monoisotopic (exact) mass is 410 g/mol. The van der Waals surface area contributed by atoms with E-state index in [-0.39, 0.29) is 15.1 Å². The minimum Gasteiger partial charge on any atom is -0.307 e. The number of hydrogen-bond donors (Lipinski definition) is 2. The van der Waals surface area contributed by atoms with Gasteiger partial charge in [-0.25, -0.2) is 22.3 Å². The molecule has 8 heteroatoms. The number of sulfonamides is 1. The fraction of sp³-hybridized carbons (Fsp3) is 0.0625. The maximum atomic E-state index is 13.4. The molecule has 0 spiro atoms. The normalized spacial score (nSPS) is 12.8. The van der Waals surface area contributed by atoms with Crippen molar-refractivity contribution in [2.75, 3.05) is 5.32 Å². The van der Waals surface area contributed by atoms with Crippen LogP contribution in [0.3, 0.4) is 0 Å². The lowest BCUT2D eigenvalue weighted by atomic mass is 10.1. The van der Waals surface area contributed by atoms with Gasteiger partial charge in [0.05, 0.1) is 9.37 Å². The molecule has 3 rings (SSSR count). The van der Waals surface area contributed by atoms with Gasteiger partial charge in [-0.2, -0.15) is 0 Å². The second-order valence-corrected chi connectivity index (χ2v) is 7.69. The highest BCUT2D eigenvalue weighted by atomic mass is 79.9. The molecule has 1 aliphatic carbocycles. The number of allylic oxidation sites excluding steroid dienone is 1. The molecule has 0 saturated carbocycles. The first-order valence-electron chi connectivity index (χ1n) is 6.93. The number of benzene rings is 2. The quantitative estimate of drug-likeness (QED) is 0.810. The first-order valence-corrected chi connectivity index (χ1v) is 9.21. The third-order valence-corrected chi connectivity index (χ3v) is 5.44. The van der Waals surface area contributed by atoms with E-state index in [1.54, 1.807) is 6.07 Å². The van der Waals surface area contributed by atoms with E-state index in [0.717, 1.165) is 17.2 Å². The molecular weight excluding hydrogens is 399 g/mol. The van der Waals surface area contributed by atoms with Gasteiger partial charge in [0.1, 0.15) is 5.82 Å². The standard InChI is InChI=1S/C16H12BrFN2O3S/c17-14-7-5-12(9-15(14)18)19-16(21)20-24(22,23)13-6-4-10-2-1-3-11(10)8-13/h1-2,4-9H,3H2,(H2,19,20,21). The van der Waals surface area contributed by atoms with Gasteiger partial charge in [-0.05, 0) is 63.8 Å². The van der Waals surface area contributed by atoms with Crippen LogP contribution < -0.4 is 10.0 Å². The minimum atomic E-state index is -4.01. The molecule has 0 atom stereocenters. The second-order valence-electron chi connectivity index (χ2n) is 5.16. The van der Waals surface area contributed by atoms with E-state index in [9.17, 15) is 17.6 Å². The Labute approximate surface area is 146 Å². The molecule has 0 aliphatic heterocycles. The summed E-state index contributed by atoms with van der Waals surface area (Å²) in [6.45, 7) is 0. The third kappa shape index (κ3) is 3.49. The van der Waals surface area contributed by atoms with E-state index < -0.39 is 21.9 Å². The number of hydrogen-bond acceptors (Lipinski definition) is 3. The van der Waals surface area contributed by atoms with Gasteiger partial charge in [-0.3, -0.25) is 0 Å². The van der Waals surface area contributed by atoms with E-state index in [0.29, 0.717) is 6.42 Å². The van der Waals surface area contributed by atoms with Crippen molar-refractivity contribution < 1.29 is 17.6 Å². The molecule has 124 valence electrons. The van der Waals surface area contributed by atoms with Gasteiger partial charge in [-0.1, -0.05) is 18.2 Å². The first-order chi connectivity index (χ1) is 11.3. The lowest BCUT2D eigenvalue weighted by molar-refractivity contribution is 0.256. The molecule has 2 N–H and O–H groups in total. The molecule has 0 fully saturated rings. The van der Waals surface area contributed by atoms with Gasteiger partial charge in [0.25, 0.3) is 10.0 Å². The fourth-order valence-corrected chi connectivity index (χ4v) is 3.52. The Morgan fingerprint density at radius 2 is 1.96 bits per heavy atom. The Hall–Kier alpha value is -2.19. The molecule has 0 radical (unpaired) electrons. The highest BCUT2D eigenvalue weighted by Crippen LogP contribution is 2.23. The summed E-state index contributed by atoms with van der Waals surface area (Å²) in [5, 5.41) is 2.29. The SMILES string of the molecule is O=C(Nc1ccc(Br)c(F)c1)NS(=O)(=O)c1ccc2c(c1)CC=C2. The minimum absolute atomic E-state index is 0.00193. The van der Waals surface area contributed by atoms with Crippen LogP contribution in [0.4, 0.5) is 14.9 Å². The molecule has 24 heavy (non-hydrogen) atoms. The molecule has 1 aliphatic rings. The van der Waals surface area contributed by atoms with E-state index in [4.69, 9.17) is 0 Å². The zero-order valence-electron chi connectivity index (χ0n) is 12.2. The zero-order valence-corrected chi connectivity index (χ0v) is 14.6. The lowest BCUT2D eigenvalue weighted by Crippen LogP contribution is -2.34. The molecular formula is C16H12BrFN2O3S. The molecule has 2 aromatic carbocycles. The Bertz CT molecular complexity index is 958. The summed E-state index contributed by atoms with van der Waals surface area (Å²) >= 11 is 3.00. The summed E-state index contributed by atoms with van der Waals surface area (Å²) in [7, 11) is -4.01. The van der Waals surface area contributed by atoms with Crippen LogP contribution in [0.25, 0.3) is 6.08 Å². The third-order valence-electron chi connectivity index (χ3n) is 3.46. The largest absolute Gasteiger partial charge is 0.333 e. The van der Waals surface area contributed by atoms with Crippen molar-refractivity contribution in [1.82, 2.24) is 4.72 Å². The van der Waals surface area contributed by atoms with Gasteiger partial charge in [0, 0.05) is 5.69 Å². The van der Waals surface area contributed by atoms with Crippen molar-refractivity contribution in [3.63, 3.8) is 0 Å². The first kappa shape index (κ1) is 16.7. The van der Waals surface area contributed by atoms with Gasteiger partial charge in [0.2, 0.25) is 0 Å². The number of carbonyl (C=O) groups excluding carboxylic acids is 1. The summed E-state index contributed by atoms with van der Waals surface area (Å²) in [6, 6.07) is 7.63. The Kier molecular flexibility index (Phi) is 4.42. The van der Waals surface area contributed by atoms with Crippen LogP contribution in [0.5, 0.6) is 0 Å². The number of anilines is 1. The fourth-order valence-electron chi connectivity index (χ4n) is 2.31. The zero-order chi connectivity index (χ0) is 17.3. The van der Waals surface area contributed by atoms with Crippen LogP contribution >= 0.6 is 15.9 Å². The second kappa shape index (κ2) is 6.37. The maximum absolute atomic E-state index is 13.4. The molecule has 0 heterocycles. The molecule has 2 amide bonds. The molecule has 5 nitrogen and oxygen atoms in total. The van der Waals surface area contributed by atoms with E-state index in [1.807, 2.05) is 16.9 Å². The van der Waals surface area contributed by atoms with Gasteiger partial charge in [-0.15, -0.1) is 0 Å². The van der Waals surface area contributed by atoms with E-state index in [2.05, 4.69) is 21.2 Å². The van der Waals surface area contributed by atoms with Crippen molar-refractivity contribution in [2.45, 2.75) is 11.3 Å². The number of fused-ring (bicyclic) bond motifs is 1.